The summed E-state index contributed by atoms with van der Waals surface area (Å²) in [6, 6.07) is 0. The number of hydrogen-bond acceptors (Lipinski definition) is 5. The van der Waals surface area contributed by atoms with E-state index in [0.717, 1.165) is 32.4 Å². The first-order valence-corrected chi connectivity index (χ1v) is 6.08. The van der Waals surface area contributed by atoms with Crippen LogP contribution in [0.4, 0.5) is 0 Å². The molecule has 0 heterocycles. The third-order valence-electron chi connectivity index (χ3n) is 3.02. The highest BCUT2D eigenvalue weighted by Crippen LogP contribution is 2.48. The van der Waals surface area contributed by atoms with Crippen molar-refractivity contribution in [3.63, 3.8) is 0 Å². The molecule has 1 aliphatic carbocycles. The summed E-state index contributed by atoms with van der Waals surface area (Å²) in [6.07, 6.45) is 3.87. The highest BCUT2D eigenvalue weighted by molar-refractivity contribution is 5.80. The summed E-state index contributed by atoms with van der Waals surface area (Å²) < 4.78 is 5.15. The largest absolute Gasteiger partial charge is 0.409 e. The van der Waals surface area contributed by atoms with E-state index in [2.05, 4.69) is 10.5 Å². The second-order valence-electron chi connectivity index (χ2n) is 4.63. The molecule has 0 aromatic carbocycles. The number of hydrogen-bond donors (Lipinski definition) is 4. The van der Waals surface area contributed by atoms with Crippen molar-refractivity contribution in [2.45, 2.75) is 25.7 Å². The Bertz CT molecular complexity index is 242. The van der Waals surface area contributed by atoms with Gasteiger partial charge in [-0.25, -0.2) is 0 Å². The minimum Gasteiger partial charge on any atom is -0.409 e. The highest BCUT2D eigenvalue weighted by Gasteiger charge is 2.42. The molecule has 0 atom stereocenters. The van der Waals surface area contributed by atoms with E-state index in [1.807, 2.05) is 0 Å². The Hall–Kier alpha value is -0.850. The van der Waals surface area contributed by atoms with Crippen molar-refractivity contribution < 1.29 is 15.1 Å². The Kier molecular flexibility index (Phi) is 6.25. The van der Waals surface area contributed by atoms with Crippen LogP contribution in [0.25, 0.3) is 0 Å². The number of amidine groups is 1. The molecule has 17 heavy (non-hydrogen) atoms. The average molecular weight is 245 g/mol. The molecule has 0 unspecified atom stereocenters. The van der Waals surface area contributed by atoms with Gasteiger partial charge < -0.3 is 26.1 Å². The average Bonchev–Trinajstić information content (AvgIpc) is 3.08. The standard InChI is InChI=1S/C11H23N3O3/c12-10(14-16)8-11(2-3-11)9-13-4-1-6-17-7-5-15/h13,15-16H,1-9H2,(H2,12,14). The van der Waals surface area contributed by atoms with Crippen LogP contribution in [0.1, 0.15) is 25.7 Å². The minimum atomic E-state index is 0.0797. The molecule has 1 rings (SSSR count). The van der Waals surface area contributed by atoms with Gasteiger partial charge in [-0.05, 0) is 31.2 Å². The molecular weight excluding hydrogens is 222 g/mol. The highest BCUT2D eigenvalue weighted by atomic mass is 16.5. The molecular formula is C11H23N3O3. The van der Waals surface area contributed by atoms with Crippen LogP contribution >= 0.6 is 0 Å². The molecule has 6 nitrogen and oxygen atoms in total. The summed E-state index contributed by atoms with van der Waals surface area (Å²) in [6.45, 7) is 2.96. The summed E-state index contributed by atoms with van der Waals surface area (Å²) >= 11 is 0. The van der Waals surface area contributed by atoms with Crippen LogP contribution in [0.5, 0.6) is 0 Å². The second-order valence-corrected chi connectivity index (χ2v) is 4.63. The Labute approximate surface area is 102 Å². The Morgan fingerprint density at radius 1 is 1.41 bits per heavy atom. The van der Waals surface area contributed by atoms with Gasteiger partial charge in [-0.3, -0.25) is 0 Å². The van der Waals surface area contributed by atoms with Gasteiger partial charge in [0.1, 0.15) is 5.84 Å². The number of aliphatic hydroxyl groups is 1. The third-order valence-corrected chi connectivity index (χ3v) is 3.02. The van der Waals surface area contributed by atoms with Gasteiger partial charge in [0.05, 0.1) is 13.2 Å². The number of oxime groups is 1. The first-order chi connectivity index (χ1) is 8.22. The van der Waals surface area contributed by atoms with Crippen LogP contribution in [-0.4, -0.2) is 49.1 Å². The van der Waals surface area contributed by atoms with Gasteiger partial charge in [0.15, 0.2) is 0 Å². The van der Waals surface area contributed by atoms with Crippen LogP contribution < -0.4 is 11.1 Å². The molecule has 1 fully saturated rings. The predicted octanol–water partition coefficient (Wildman–Crippen LogP) is -0.108. The van der Waals surface area contributed by atoms with E-state index < -0.39 is 0 Å². The smallest absolute Gasteiger partial charge is 0.139 e. The summed E-state index contributed by atoms with van der Waals surface area (Å²) in [5, 5.41) is 23.4. The molecule has 100 valence electrons. The van der Waals surface area contributed by atoms with E-state index in [9.17, 15) is 0 Å². The number of nitrogens with two attached hydrogens (primary N) is 1. The number of nitrogens with one attached hydrogen (secondary N) is 1. The van der Waals surface area contributed by atoms with Crippen molar-refractivity contribution in [3.8, 4) is 0 Å². The van der Waals surface area contributed by atoms with Crippen LogP contribution in [0.15, 0.2) is 5.16 Å². The van der Waals surface area contributed by atoms with Crippen molar-refractivity contribution in [2.75, 3.05) is 32.9 Å². The lowest BCUT2D eigenvalue weighted by Crippen LogP contribution is -2.29. The second kappa shape index (κ2) is 7.47. The van der Waals surface area contributed by atoms with Gasteiger partial charge >= 0.3 is 0 Å². The number of ether oxygens (including phenoxy) is 1. The molecule has 0 amide bonds. The van der Waals surface area contributed by atoms with Crippen molar-refractivity contribution in [1.29, 1.82) is 0 Å². The number of aliphatic hydroxyl groups excluding tert-OH is 1. The zero-order valence-corrected chi connectivity index (χ0v) is 10.2. The maximum absolute atomic E-state index is 8.52. The fourth-order valence-corrected chi connectivity index (χ4v) is 1.83. The molecule has 0 aliphatic heterocycles. The normalized spacial score (nSPS) is 18.3. The van der Waals surface area contributed by atoms with Crippen molar-refractivity contribution >= 4 is 5.84 Å². The first kappa shape index (κ1) is 14.2. The van der Waals surface area contributed by atoms with E-state index in [4.69, 9.17) is 20.8 Å². The fourth-order valence-electron chi connectivity index (χ4n) is 1.83. The van der Waals surface area contributed by atoms with Crippen molar-refractivity contribution in [1.82, 2.24) is 5.32 Å². The summed E-state index contributed by atoms with van der Waals surface area (Å²) in [5.41, 5.74) is 5.72. The molecule has 0 aromatic rings. The Morgan fingerprint density at radius 3 is 2.76 bits per heavy atom. The maximum atomic E-state index is 8.52. The van der Waals surface area contributed by atoms with Crippen LogP contribution in [-0.2, 0) is 4.74 Å². The quantitative estimate of drug-likeness (QED) is 0.141. The lowest BCUT2D eigenvalue weighted by molar-refractivity contribution is 0.0906. The van der Waals surface area contributed by atoms with Crippen LogP contribution in [0.2, 0.25) is 0 Å². The SMILES string of the molecule is NC(CC1(CNCCCOCCO)CC1)=NO. The third kappa shape index (κ3) is 5.86. The molecule has 6 heteroatoms. The van der Waals surface area contributed by atoms with E-state index in [1.54, 1.807) is 0 Å². The summed E-state index contributed by atoms with van der Waals surface area (Å²) in [7, 11) is 0. The minimum absolute atomic E-state index is 0.0797. The van der Waals surface area contributed by atoms with Gasteiger partial charge in [-0.15, -0.1) is 0 Å². The Morgan fingerprint density at radius 2 is 2.18 bits per heavy atom. The fraction of sp³-hybridized carbons (Fsp3) is 0.909. The molecule has 0 radical (unpaired) electrons. The summed E-state index contributed by atoms with van der Waals surface area (Å²) in [4.78, 5) is 0. The van der Waals surface area contributed by atoms with Crippen LogP contribution in [0.3, 0.4) is 0 Å². The summed E-state index contributed by atoms with van der Waals surface area (Å²) in [5.74, 6) is 0.315. The van der Waals surface area contributed by atoms with E-state index >= 15 is 0 Å². The topological polar surface area (TPSA) is 100 Å². The molecule has 1 aliphatic rings. The van der Waals surface area contributed by atoms with Gasteiger partial charge in [0.2, 0.25) is 0 Å². The van der Waals surface area contributed by atoms with Gasteiger partial charge in [-0.2, -0.15) is 0 Å². The monoisotopic (exact) mass is 245 g/mol. The molecule has 0 spiro atoms. The number of rotatable bonds is 10. The van der Waals surface area contributed by atoms with Crippen molar-refractivity contribution in [3.05, 3.63) is 0 Å². The van der Waals surface area contributed by atoms with E-state index in [-0.39, 0.29) is 12.0 Å². The van der Waals surface area contributed by atoms with E-state index in [1.165, 1.54) is 0 Å². The zero-order chi connectivity index (χ0) is 12.6. The van der Waals surface area contributed by atoms with Gasteiger partial charge in [0, 0.05) is 19.6 Å². The Balaban J connectivity index is 1.99. The van der Waals surface area contributed by atoms with Crippen LogP contribution in [0, 0.1) is 5.41 Å². The predicted molar refractivity (Wildman–Crippen MR) is 65.1 cm³/mol. The van der Waals surface area contributed by atoms with Gasteiger partial charge in [-0.1, -0.05) is 5.16 Å². The lowest BCUT2D eigenvalue weighted by Gasteiger charge is -2.14. The molecule has 1 saturated carbocycles. The van der Waals surface area contributed by atoms with Gasteiger partial charge in [0.25, 0.3) is 0 Å². The number of nitrogens with zero attached hydrogens (tertiary/aromatic N) is 1. The lowest BCUT2D eigenvalue weighted by atomic mass is 10.0. The van der Waals surface area contributed by atoms with Crippen molar-refractivity contribution in [2.24, 2.45) is 16.3 Å². The first-order valence-electron chi connectivity index (χ1n) is 6.08. The molecule has 5 N–H and O–H groups in total. The molecule has 0 bridgehead atoms. The maximum Gasteiger partial charge on any atom is 0.139 e. The molecule has 0 saturated heterocycles. The zero-order valence-electron chi connectivity index (χ0n) is 10.2. The van der Waals surface area contributed by atoms with E-state index in [0.29, 0.717) is 25.5 Å². The molecule has 0 aromatic heterocycles.